The van der Waals surface area contributed by atoms with E-state index < -0.39 is 10.0 Å². The minimum absolute atomic E-state index is 0.0328. The lowest BCUT2D eigenvalue weighted by Crippen LogP contribution is -2.27. The minimum atomic E-state index is -3.76. The SMILES string of the molecule is CCOc1ccc(C(=O)Nc2ccc(C)c(C)c2)cc1CN(C)S(=O)(=O)c1ccc(Cl)cc1. The van der Waals surface area contributed by atoms with Crippen molar-refractivity contribution in [1.29, 1.82) is 0 Å². The molecule has 3 aromatic carbocycles. The zero-order chi connectivity index (χ0) is 24.2. The van der Waals surface area contributed by atoms with E-state index in [2.05, 4.69) is 5.32 Å². The molecule has 0 radical (unpaired) electrons. The summed E-state index contributed by atoms with van der Waals surface area (Å²) in [5.41, 5.74) is 3.91. The van der Waals surface area contributed by atoms with Gasteiger partial charge >= 0.3 is 0 Å². The van der Waals surface area contributed by atoms with Crippen LogP contribution in [0.5, 0.6) is 5.75 Å². The second-order valence-corrected chi connectivity index (χ2v) is 10.2. The summed E-state index contributed by atoms with van der Waals surface area (Å²) in [6, 6.07) is 16.7. The van der Waals surface area contributed by atoms with Gasteiger partial charge in [0.25, 0.3) is 5.91 Å². The number of nitrogens with zero attached hydrogens (tertiary/aromatic N) is 1. The number of amides is 1. The summed E-state index contributed by atoms with van der Waals surface area (Å²) in [4.78, 5) is 13.0. The quantitative estimate of drug-likeness (QED) is 0.460. The first-order valence-electron chi connectivity index (χ1n) is 10.5. The van der Waals surface area contributed by atoms with Gasteiger partial charge < -0.3 is 10.1 Å². The Kier molecular flexibility index (Phi) is 7.79. The third-order valence-corrected chi connectivity index (χ3v) is 7.37. The van der Waals surface area contributed by atoms with Gasteiger partial charge in [-0.3, -0.25) is 4.79 Å². The predicted molar refractivity (Wildman–Crippen MR) is 132 cm³/mol. The van der Waals surface area contributed by atoms with Gasteiger partial charge in [-0.25, -0.2) is 8.42 Å². The van der Waals surface area contributed by atoms with Crippen LogP contribution in [0.1, 0.15) is 34.0 Å². The third-order valence-electron chi connectivity index (χ3n) is 5.30. The number of hydrogen-bond donors (Lipinski definition) is 1. The number of ether oxygens (including phenoxy) is 1. The van der Waals surface area contributed by atoms with Crippen LogP contribution in [0.3, 0.4) is 0 Å². The molecule has 0 aromatic heterocycles. The van der Waals surface area contributed by atoms with Gasteiger partial charge in [-0.15, -0.1) is 0 Å². The molecular weight excluding hydrogens is 460 g/mol. The monoisotopic (exact) mass is 486 g/mol. The number of nitrogens with one attached hydrogen (secondary N) is 1. The third kappa shape index (κ3) is 5.93. The van der Waals surface area contributed by atoms with Crippen LogP contribution in [-0.4, -0.2) is 32.3 Å². The minimum Gasteiger partial charge on any atom is -0.494 e. The van der Waals surface area contributed by atoms with Crippen molar-refractivity contribution in [3.63, 3.8) is 0 Å². The molecule has 0 heterocycles. The van der Waals surface area contributed by atoms with Gasteiger partial charge in [0, 0.05) is 35.4 Å². The molecule has 0 aliphatic carbocycles. The van der Waals surface area contributed by atoms with Crippen LogP contribution in [0.15, 0.2) is 65.6 Å². The van der Waals surface area contributed by atoms with Crippen molar-refractivity contribution in [1.82, 2.24) is 4.31 Å². The zero-order valence-electron chi connectivity index (χ0n) is 19.1. The molecule has 0 unspecified atom stereocenters. The van der Waals surface area contributed by atoms with E-state index in [9.17, 15) is 13.2 Å². The highest BCUT2D eigenvalue weighted by atomic mass is 35.5. The van der Waals surface area contributed by atoms with Crippen LogP contribution < -0.4 is 10.1 Å². The van der Waals surface area contributed by atoms with Crippen molar-refractivity contribution in [2.75, 3.05) is 19.0 Å². The van der Waals surface area contributed by atoms with Gasteiger partial charge in [0.1, 0.15) is 5.75 Å². The Bertz CT molecular complexity index is 1260. The van der Waals surface area contributed by atoms with E-state index in [0.717, 1.165) is 11.1 Å². The van der Waals surface area contributed by atoms with E-state index in [-0.39, 0.29) is 17.3 Å². The molecule has 0 aliphatic rings. The number of sulfonamides is 1. The van der Waals surface area contributed by atoms with Crippen molar-refractivity contribution in [3.05, 3.63) is 87.9 Å². The van der Waals surface area contributed by atoms with Gasteiger partial charge in [-0.1, -0.05) is 17.7 Å². The summed E-state index contributed by atoms with van der Waals surface area (Å²) < 4.78 is 32.9. The van der Waals surface area contributed by atoms with E-state index in [1.807, 2.05) is 39.0 Å². The second-order valence-electron chi connectivity index (χ2n) is 7.72. The average molecular weight is 487 g/mol. The summed E-state index contributed by atoms with van der Waals surface area (Å²) in [5.74, 6) is 0.240. The van der Waals surface area contributed by atoms with Crippen molar-refractivity contribution in [2.45, 2.75) is 32.2 Å². The summed E-state index contributed by atoms with van der Waals surface area (Å²) in [6.45, 7) is 6.28. The van der Waals surface area contributed by atoms with E-state index in [1.165, 1.54) is 35.6 Å². The summed E-state index contributed by atoms with van der Waals surface area (Å²) in [5, 5.41) is 3.35. The molecule has 1 amide bonds. The first-order valence-corrected chi connectivity index (χ1v) is 12.3. The van der Waals surface area contributed by atoms with Crippen LogP contribution in [0.25, 0.3) is 0 Å². The highest BCUT2D eigenvalue weighted by Crippen LogP contribution is 2.26. The predicted octanol–water partition coefficient (Wildman–Crippen LogP) is 5.43. The first kappa shape index (κ1) is 24.8. The summed E-state index contributed by atoms with van der Waals surface area (Å²) in [6.07, 6.45) is 0. The number of rotatable bonds is 8. The van der Waals surface area contributed by atoms with E-state index >= 15 is 0 Å². The molecule has 6 nitrogen and oxygen atoms in total. The fourth-order valence-corrected chi connectivity index (χ4v) is 4.55. The molecular formula is C25H27ClN2O4S. The normalized spacial score (nSPS) is 11.5. The molecule has 0 aliphatic heterocycles. The van der Waals surface area contributed by atoms with Gasteiger partial charge in [0.05, 0.1) is 11.5 Å². The Morgan fingerprint density at radius 3 is 2.33 bits per heavy atom. The highest BCUT2D eigenvalue weighted by molar-refractivity contribution is 7.89. The topological polar surface area (TPSA) is 75.7 Å². The molecule has 1 N–H and O–H groups in total. The molecule has 174 valence electrons. The van der Waals surface area contributed by atoms with Gasteiger partial charge in [0.15, 0.2) is 0 Å². The number of hydrogen-bond acceptors (Lipinski definition) is 4. The smallest absolute Gasteiger partial charge is 0.255 e. The van der Waals surface area contributed by atoms with E-state index in [4.69, 9.17) is 16.3 Å². The molecule has 0 fully saturated rings. The van der Waals surface area contributed by atoms with Crippen LogP contribution in [0.2, 0.25) is 5.02 Å². The summed E-state index contributed by atoms with van der Waals surface area (Å²) >= 11 is 5.89. The Morgan fingerprint density at radius 1 is 1.00 bits per heavy atom. The molecule has 0 atom stereocenters. The fourth-order valence-electron chi connectivity index (χ4n) is 3.27. The Morgan fingerprint density at radius 2 is 1.70 bits per heavy atom. The molecule has 0 saturated carbocycles. The lowest BCUT2D eigenvalue weighted by atomic mass is 10.1. The Labute approximate surface area is 200 Å². The van der Waals surface area contributed by atoms with Crippen LogP contribution in [0, 0.1) is 13.8 Å². The molecule has 3 rings (SSSR count). The standard InChI is InChI=1S/C25H27ClN2O4S/c1-5-32-24-13-7-19(25(29)27-22-10-6-17(2)18(3)14-22)15-20(24)16-28(4)33(30,31)23-11-8-21(26)9-12-23/h6-15H,5,16H2,1-4H3,(H,27,29). The maximum atomic E-state index is 13.0. The number of carbonyl (C=O) groups is 1. The first-order chi connectivity index (χ1) is 15.6. The van der Waals surface area contributed by atoms with Crippen molar-refractivity contribution in [3.8, 4) is 5.75 Å². The number of benzene rings is 3. The van der Waals surface area contributed by atoms with E-state index in [0.29, 0.717) is 34.2 Å². The fraction of sp³-hybridized carbons (Fsp3) is 0.240. The Balaban J connectivity index is 1.87. The highest BCUT2D eigenvalue weighted by Gasteiger charge is 2.23. The number of halogens is 1. The van der Waals surface area contributed by atoms with Crippen LogP contribution in [0.4, 0.5) is 5.69 Å². The van der Waals surface area contributed by atoms with Crippen molar-refractivity contribution < 1.29 is 17.9 Å². The largest absolute Gasteiger partial charge is 0.494 e. The van der Waals surface area contributed by atoms with E-state index in [1.54, 1.807) is 18.2 Å². The maximum Gasteiger partial charge on any atom is 0.255 e. The second kappa shape index (κ2) is 10.4. The Hall–Kier alpha value is -2.87. The van der Waals surface area contributed by atoms with Crippen LogP contribution >= 0.6 is 11.6 Å². The number of anilines is 1. The van der Waals surface area contributed by atoms with Gasteiger partial charge in [-0.05, 0) is 86.5 Å². The molecule has 3 aromatic rings. The molecule has 0 spiro atoms. The zero-order valence-corrected chi connectivity index (χ0v) is 20.6. The molecule has 33 heavy (non-hydrogen) atoms. The number of carbonyl (C=O) groups excluding carboxylic acids is 1. The van der Waals surface area contributed by atoms with Crippen LogP contribution in [-0.2, 0) is 16.6 Å². The average Bonchev–Trinajstić information content (AvgIpc) is 2.77. The lowest BCUT2D eigenvalue weighted by molar-refractivity contribution is 0.102. The summed E-state index contributed by atoms with van der Waals surface area (Å²) in [7, 11) is -2.27. The molecule has 0 bridgehead atoms. The maximum absolute atomic E-state index is 13.0. The molecule has 8 heteroatoms. The van der Waals surface area contributed by atoms with Gasteiger partial charge in [0.2, 0.25) is 10.0 Å². The van der Waals surface area contributed by atoms with Crippen molar-refractivity contribution in [2.24, 2.45) is 0 Å². The van der Waals surface area contributed by atoms with Gasteiger partial charge in [-0.2, -0.15) is 4.31 Å². The molecule has 0 saturated heterocycles. The number of aryl methyl sites for hydroxylation is 2. The van der Waals surface area contributed by atoms with Crippen molar-refractivity contribution >= 4 is 33.2 Å². The lowest BCUT2D eigenvalue weighted by Gasteiger charge is -2.20.